The number of aromatic nitrogens is 2. The summed E-state index contributed by atoms with van der Waals surface area (Å²) in [7, 11) is 0. The molecule has 4 aliphatic heterocycles. The third-order valence-electron chi connectivity index (χ3n) is 9.91. The molecule has 2 N–H and O–H groups in total. The van der Waals surface area contributed by atoms with Crippen LogP contribution in [0.2, 0.25) is 0 Å². The minimum atomic E-state index is -0.832. The fraction of sp³-hybridized carbons (Fsp3) is 0.412. The second-order valence-corrected chi connectivity index (χ2v) is 12.6. The molecule has 8 rings (SSSR count). The Morgan fingerprint density at radius 3 is 2.79 bits per heavy atom. The number of nitrogens with zero attached hydrogens (tertiary/aromatic N) is 4. The molecule has 0 spiro atoms. The van der Waals surface area contributed by atoms with Crippen molar-refractivity contribution < 1.29 is 18.6 Å². The predicted octanol–water partition coefficient (Wildman–Crippen LogP) is 5.17. The first-order valence-electron chi connectivity index (χ1n) is 15.1. The van der Waals surface area contributed by atoms with Gasteiger partial charge >= 0.3 is 0 Å². The molecule has 4 fully saturated rings. The lowest BCUT2D eigenvalue weighted by Crippen LogP contribution is -2.51. The third-order valence-corrected chi connectivity index (χ3v) is 9.91. The molecule has 2 aromatic carbocycles. The van der Waals surface area contributed by atoms with Gasteiger partial charge in [0.1, 0.15) is 29.9 Å². The van der Waals surface area contributed by atoms with E-state index in [1.165, 1.54) is 6.07 Å². The molecule has 4 aromatic rings. The second-order valence-electron chi connectivity index (χ2n) is 12.6. The number of piperazine rings is 1. The number of hydrogen-bond donors (Lipinski definition) is 2. The summed E-state index contributed by atoms with van der Waals surface area (Å²) >= 11 is 0. The Hall–Kier alpha value is -4.00. The molecule has 2 aromatic heterocycles. The molecule has 4 saturated heterocycles. The summed E-state index contributed by atoms with van der Waals surface area (Å²) in [4.78, 5) is 14.4. The van der Waals surface area contributed by atoms with Gasteiger partial charge in [0, 0.05) is 61.4 Å². The second kappa shape index (κ2) is 10.0. The van der Waals surface area contributed by atoms with E-state index >= 15 is 0 Å². The summed E-state index contributed by atoms with van der Waals surface area (Å²) in [6.07, 6.45) is 11.4. The number of fused-ring (bicyclic) bond motifs is 5. The molecule has 0 aliphatic carbocycles. The topological polar surface area (TPSA) is 73.8 Å². The summed E-state index contributed by atoms with van der Waals surface area (Å²) in [5.41, 5.74) is 3.41. The van der Waals surface area contributed by atoms with Crippen LogP contribution >= 0.6 is 0 Å². The Labute approximate surface area is 248 Å². The number of phenols is 1. The average Bonchev–Trinajstić information content (AvgIpc) is 3.65. The Bertz CT molecular complexity index is 1800. The number of halogens is 2. The van der Waals surface area contributed by atoms with Crippen molar-refractivity contribution in [3.63, 3.8) is 0 Å². The first-order chi connectivity index (χ1) is 20.9. The van der Waals surface area contributed by atoms with E-state index < -0.39 is 12.0 Å². The van der Waals surface area contributed by atoms with Gasteiger partial charge in [-0.25, -0.2) is 13.8 Å². The van der Waals surface area contributed by atoms with Gasteiger partial charge in [0.15, 0.2) is 0 Å². The van der Waals surface area contributed by atoms with Crippen LogP contribution in [0.4, 0.5) is 14.5 Å². The van der Waals surface area contributed by atoms with Gasteiger partial charge in [-0.2, -0.15) is 0 Å². The van der Waals surface area contributed by atoms with E-state index in [-0.39, 0.29) is 16.9 Å². The fourth-order valence-corrected chi connectivity index (χ4v) is 7.98. The van der Waals surface area contributed by atoms with E-state index in [2.05, 4.69) is 21.0 Å². The van der Waals surface area contributed by atoms with Crippen molar-refractivity contribution in [1.29, 1.82) is 0 Å². The third kappa shape index (κ3) is 4.47. The number of terminal acetylenes is 1. The maximum absolute atomic E-state index is 14.8. The first kappa shape index (κ1) is 26.6. The quantitative estimate of drug-likeness (QED) is 0.315. The van der Waals surface area contributed by atoms with E-state index in [0.29, 0.717) is 65.0 Å². The predicted molar refractivity (Wildman–Crippen MR) is 163 cm³/mol. The van der Waals surface area contributed by atoms with Gasteiger partial charge in [0.25, 0.3) is 0 Å². The monoisotopic (exact) mass is 581 g/mol. The summed E-state index contributed by atoms with van der Waals surface area (Å²) in [6.45, 7) is 3.47. The SMILES string of the molecule is C#Cc1c(F)ccc2cc(O)cc(-c3cnc4c(N5CC6CCC(C5)N6)cc(OC[C@@]56CCCN5C[C@H](F)C6)nc4c3)c12. The molecular formula is C34H33F2N5O2. The Balaban J connectivity index is 1.24. The fourth-order valence-electron chi connectivity index (χ4n) is 7.98. The van der Waals surface area contributed by atoms with Crippen molar-refractivity contribution in [2.75, 3.05) is 37.7 Å². The van der Waals surface area contributed by atoms with Gasteiger partial charge in [-0.15, -0.1) is 6.42 Å². The summed E-state index contributed by atoms with van der Waals surface area (Å²) < 4.78 is 35.7. The number of nitrogens with one attached hydrogen (secondary N) is 1. The van der Waals surface area contributed by atoms with Crippen LogP contribution in [0.25, 0.3) is 32.9 Å². The molecule has 7 nitrogen and oxygen atoms in total. The molecule has 2 bridgehead atoms. The maximum Gasteiger partial charge on any atom is 0.216 e. The summed E-state index contributed by atoms with van der Waals surface area (Å²) in [6, 6.07) is 10.8. The molecule has 6 heterocycles. The number of pyridine rings is 2. The smallest absolute Gasteiger partial charge is 0.216 e. The minimum absolute atomic E-state index is 0.0438. The summed E-state index contributed by atoms with van der Waals surface area (Å²) in [5, 5.41) is 15.4. The number of benzene rings is 2. The van der Waals surface area contributed by atoms with Crippen LogP contribution in [0.3, 0.4) is 0 Å². The zero-order chi connectivity index (χ0) is 29.3. The molecule has 9 heteroatoms. The van der Waals surface area contributed by atoms with E-state index in [1.54, 1.807) is 24.4 Å². The van der Waals surface area contributed by atoms with Gasteiger partial charge in [-0.3, -0.25) is 9.88 Å². The van der Waals surface area contributed by atoms with Crippen molar-refractivity contribution >= 4 is 27.5 Å². The van der Waals surface area contributed by atoms with Gasteiger partial charge in [-0.05, 0) is 67.4 Å². The highest BCUT2D eigenvalue weighted by molar-refractivity contribution is 6.03. The number of hydrogen-bond acceptors (Lipinski definition) is 7. The standard InChI is InChI=1S/C34H33F2N5O2/c1-2-26-28(36)7-4-20-10-25(42)12-27(32(20)26)21-11-29-33(37-15-21)30(40-17-23-5-6-24(18-40)38-23)13-31(39-29)43-19-34-8-3-9-41(34)16-22(35)14-34/h1,4,7,10-13,15,22-24,38,42H,3,5-6,8-9,14,16-19H2/t22-,23?,24?,34+/m1/s1. The van der Waals surface area contributed by atoms with Gasteiger partial charge in [0.05, 0.1) is 22.3 Å². The van der Waals surface area contributed by atoms with Crippen molar-refractivity contribution in [3.8, 4) is 35.1 Å². The Morgan fingerprint density at radius 2 is 1.98 bits per heavy atom. The van der Waals surface area contributed by atoms with Gasteiger partial charge in [-0.1, -0.05) is 12.0 Å². The highest BCUT2D eigenvalue weighted by Crippen LogP contribution is 2.42. The van der Waals surface area contributed by atoms with Crippen LogP contribution in [0.5, 0.6) is 11.6 Å². The van der Waals surface area contributed by atoms with Crippen LogP contribution in [-0.2, 0) is 0 Å². The van der Waals surface area contributed by atoms with Crippen LogP contribution in [0.1, 0.15) is 37.7 Å². The first-order valence-corrected chi connectivity index (χ1v) is 15.1. The Morgan fingerprint density at radius 1 is 1.14 bits per heavy atom. The average molecular weight is 582 g/mol. The number of rotatable bonds is 5. The van der Waals surface area contributed by atoms with E-state index in [1.807, 2.05) is 12.1 Å². The number of phenolic OH excluding ortho intramolecular Hbond substituents is 1. The van der Waals surface area contributed by atoms with E-state index in [9.17, 15) is 13.9 Å². The lowest BCUT2D eigenvalue weighted by molar-refractivity contribution is 0.111. The highest BCUT2D eigenvalue weighted by atomic mass is 19.1. The van der Waals surface area contributed by atoms with Crippen molar-refractivity contribution in [1.82, 2.24) is 20.2 Å². The lowest BCUT2D eigenvalue weighted by Gasteiger charge is -2.35. The number of alkyl halides is 1. The van der Waals surface area contributed by atoms with Crippen molar-refractivity contribution in [2.24, 2.45) is 0 Å². The molecule has 0 saturated carbocycles. The molecule has 0 radical (unpaired) electrons. The molecule has 2 unspecified atom stereocenters. The largest absolute Gasteiger partial charge is 0.508 e. The molecule has 0 amide bonds. The Kier molecular flexibility index (Phi) is 6.21. The minimum Gasteiger partial charge on any atom is -0.508 e. The summed E-state index contributed by atoms with van der Waals surface area (Å²) in [5.74, 6) is 2.51. The van der Waals surface area contributed by atoms with Crippen LogP contribution in [0.15, 0.2) is 42.6 Å². The van der Waals surface area contributed by atoms with Crippen molar-refractivity contribution in [3.05, 3.63) is 54.0 Å². The normalized spacial score (nSPS) is 26.7. The molecule has 4 aliphatic rings. The zero-order valence-corrected chi connectivity index (χ0v) is 23.8. The van der Waals surface area contributed by atoms with Gasteiger partial charge < -0.3 is 20.1 Å². The molecule has 220 valence electrons. The number of ether oxygens (including phenoxy) is 1. The van der Waals surface area contributed by atoms with Crippen molar-refractivity contribution in [2.45, 2.75) is 55.9 Å². The van der Waals surface area contributed by atoms with Crippen LogP contribution in [-0.4, -0.2) is 76.6 Å². The van der Waals surface area contributed by atoms with Crippen LogP contribution in [0, 0.1) is 18.2 Å². The maximum atomic E-state index is 14.8. The lowest BCUT2D eigenvalue weighted by atomic mass is 9.94. The van der Waals surface area contributed by atoms with E-state index in [0.717, 1.165) is 56.5 Å². The van der Waals surface area contributed by atoms with Crippen LogP contribution < -0.4 is 15.0 Å². The van der Waals surface area contributed by atoms with Gasteiger partial charge in [0.2, 0.25) is 5.88 Å². The number of aromatic hydroxyl groups is 1. The molecular weight excluding hydrogens is 548 g/mol. The highest BCUT2D eigenvalue weighted by Gasteiger charge is 2.49. The molecule has 43 heavy (non-hydrogen) atoms. The zero-order valence-electron chi connectivity index (χ0n) is 23.8. The van der Waals surface area contributed by atoms with E-state index in [4.69, 9.17) is 21.1 Å². The number of anilines is 1. The molecule has 4 atom stereocenters.